The number of nitriles is 1. The van der Waals surface area contributed by atoms with Crippen molar-refractivity contribution in [1.82, 2.24) is 0 Å². The number of carbonyl (C=O) groups excluding carboxylic acids is 2. The van der Waals surface area contributed by atoms with Gasteiger partial charge in [0.25, 0.3) is 0 Å². The van der Waals surface area contributed by atoms with E-state index in [4.69, 9.17) is 27.9 Å². The van der Waals surface area contributed by atoms with E-state index in [9.17, 15) is 25.0 Å². The molecule has 2 aromatic rings. The average Bonchev–Trinajstić information content (AvgIpc) is 2.63. The van der Waals surface area contributed by atoms with Crippen LogP contribution in [-0.4, -0.2) is 23.7 Å². The molecule has 0 heterocycles. The SMILES string of the molecule is COc1ccc(C(=O)C(C#N)C(=O)Nc2ccc(Cl)cc2Cl)cc1[N+](=O)[O-]. The molecule has 0 radical (unpaired) electrons. The number of ether oxygens (including phenoxy) is 1. The van der Waals surface area contributed by atoms with Gasteiger partial charge in [-0.25, -0.2) is 0 Å². The molecule has 0 aliphatic carbocycles. The van der Waals surface area contributed by atoms with E-state index in [1.54, 1.807) is 6.07 Å². The molecule has 0 aromatic heterocycles. The Labute approximate surface area is 163 Å². The van der Waals surface area contributed by atoms with Gasteiger partial charge in [-0.05, 0) is 30.3 Å². The van der Waals surface area contributed by atoms with Gasteiger partial charge in [-0.1, -0.05) is 23.2 Å². The van der Waals surface area contributed by atoms with E-state index < -0.39 is 28.2 Å². The third-order valence-electron chi connectivity index (χ3n) is 3.50. The Morgan fingerprint density at radius 1 is 1.26 bits per heavy atom. The highest BCUT2D eigenvalue weighted by atomic mass is 35.5. The van der Waals surface area contributed by atoms with Crippen LogP contribution < -0.4 is 10.1 Å². The molecule has 0 saturated carbocycles. The van der Waals surface area contributed by atoms with Crippen LogP contribution in [0.2, 0.25) is 10.0 Å². The van der Waals surface area contributed by atoms with Gasteiger partial charge >= 0.3 is 5.69 Å². The number of halogens is 2. The van der Waals surface area contributed by atoms with Crippen molar-refractivity contribution in [3.8, 4) is 11.8 Å². The van der Waals surface area contributed by atoms with E-state index in [1.807, 2.05) is 0 Å². The number of benzene rings is 2. The summed E-state index contributed by atoms with van der Waals surface area (Å²) >= 11 is 11.7. The van der Waals surface area contributed by atoms with Crippen molar-refractivity contribution in [3.05, 3.63) is 62.1 Å². The van der Waals surface area contributed by atoms with Crippen LogP contribution >= 0.6 is 23.2 Å². The van der Waals surface area contributed by atoms with E-state index in [0.29, 0.717) is 5.02 Å². The van der Waals surface area contributed by atoms with Crippen molar-refractivity contribution in [2.45, 2.75) is 0 Å². The fraction of sp³-hybridized carbons (Fsp3) is 0.118. The van der Waals surface area contributed by atoms with Crippen molar-refractivity contribution < 1.29 is 19.2 Å². The van der Waals surface area contributed by atoms with Crippen molar-refractivity contribution in [3.63, 3.8) is 0 Å². The molecule has 0 aliphatic rings. The molecule has 10 heteroatoms. The number of anilines is 1. The molecule has 2 aromatic carbocycles. The van der Waals surface area contributed by atoms with E-state index in [-0.39, 0.29) is 22.0 Å². The predicted octanol–water partition coefficient (Wildman–Crippen LogP) is 3.87. The summed E-state index contributed by atoms with van der Waals surface area (Å²) in [5.41, 5.74) is -0.465. The lowest BCUT2D eigenvalue weighted by Gasteiger charge is -2.11. The largest absolute Gasteiger partial charge is 0.490 e. The number of Topliss-reactive ketones (excluding diaryl/α,β-unsaturated/α-hetero) is 1. The highest BCUT2D eigenvalue weighted by Crippen LogP contribution is 2.29. The Morgan fingerprint density at radius 2 is 1.96 bits per heavy atom. The van der Waals surface area contributed by atoms with Crippen LogP contribution in [-0.2, 0) is 4.79 Å². The summed E-state index contributed by atoms with van der Waals surface area (Å²) in [6, 6.07) is 9.27. The van der Waals surface area contributed by atoms with Gasteiger partial charge in [0.15, 0.2) is 17.5 Å². The molecule has 0 fully saturated rings. The van der Waals surface area contributed by atoms with Gasteiger partial charge in [0.1, 0.15) is 0 Å². The number of ketones is 1. The van der Waals surface area contributed by atoms with Crippen molar-refractivity contribution in [2.75, 3.05) is 12.4 Å². The van der Waals surface area contributed by atoms with Crippen LogP contribution in [0.25, 0.3) is 0 Å². The number of amides is 1. The Kier molecular flexibility index (Phi) is 6.34. The minimum absolute atomic E-state index is 0.0533. The molecule has 8 nitrogen and oxygen atoms in total. The third-order valence-corrected chi connectivity index (χ3v) is 4.05. The second-order valence-electron chi connectivity index (χ2n) is 5.18. The zero-order valence-corrected chi connectivity index (χ0v) is 15.2. The summed E-state index contributed by atoms with van der Waals surface area (Å²) in [5, 5.41) is 23.2. The maximum atomic E-state index is 12.5. The number of hydrogen-bond donors (Lipinski definition) is 1. The lowest BCUT2D eigenvalue weighted by atomic mass is 9.97. The Hall–Kier alpha value is -3.15. The standard InChI is InChI=1S/C17H11Cl2N3O5/c1-27-15-5-2-9(6-14(15)22(25)26)16(23)11(8-20)17(24)21-13-4-3-10(18)7-12(13)19/h2-7,11H,1H3,(H,21,24). The van der Waals surface area contributed by atoms with E-state index in [0.717, 1.165) is 6.07 Å². The zero-order chi connectivity index (χ0) is 20.1. The first-order valence-corrected chi connectivity index (χ1v) is 8.06. The monoisotopic (exact) mass is 407 g/mol. The van der Waals surface area contributed by atoms with E-state index in [1.165, 1.54) is 37.4 Å². The maximum absolute atomic E-state index is 12.5. The number of nitrogens with one attached hydrogen (secondary N) is 1. The van der Waals surface area contributed by atoms with Gasteiger partial charge in [0.2, 0.25) is 5.91 Å². The molecule has 0 bridgehead atoms. The number of nitro groups is 1. The molecule has 1 unspecified atom stereocenters. The first-order chi connectivity index (χ1) is 12.8. The molecule has 0 saturated heterocycles. The first kappa shape index (κ1) is 20.2. The van der Waals surface area contributed by atoms with Gasteiger partial charge < -0.3 is 10.1 Å². The summed E-state index contributed by atoms with van der Waals surface area (Å²) in [7, 11) is 1.24. The summed E-state index contributed by atoms with van der Waals surface area (Å²) in [6.07, 6.45) is 0. The minimum atomic E-state index is -1.73. The molecule has 2 rings (SSSR count). The molecule has 1 amide bonds. The summed E-state index contributed by atoms with van der Waals surface area (Å²) < 4.78 is 4.85. The van der Waals surface area contributed by atoms with Crippen molar-refractivity contribution >= 4 is 46.3 Å². The van der Waals surface area contributed by atoms with Gasteiger partial charge in [-0.3, -0.25) is 19.7 Å². The lowest BCUT2D eigenvalue weighted by molar-refractivity contribution is -0.385. The second-order valence-corrected chi connectivity index (χ2v) is 6.03. The summed E-state index contributed by atoms with van der Waals surface area (Å²) in [4.78, 5) is 35.2. The van der Waals surface area contributed by atoms with Gasteiger partial charge in [0.05, 0.1) is 28.8 Å². The third kappa shape index (κ3) is 4.53. The normalized spacial score (nSPS) is 11.2. The zero-order valence-electron chi connectivity index (χ0n) is 13.7. The number of nitrogens with zero attached hydrogens (tertiary/aromatic N) is 2. The molecule has 138 valence electrons. The van der Waals surface area contributed by atoms with Crippen LogP contribution in [0.15, 0.2) is 36.4 Å². The summed E-state index contributed by atoms with van der Waals surface area (Å²) in [5.74, 6) is -3.61. The Bertz CT molecular complexity index is 972. The summed E-state index contributed by atoms with van der Waals surface area (Å²) in [6.45, 7) is 0. The van der Waals surface area contributed by atoms with Crippen LogP contribution in [0, 0.1) is 27.4 Å². The topological polar surface area (TPSA) is 122 Å². The van der Waals surface area contributed by atoms with Crippen LogP contribution in [0.4, 0.5) is 11.4 Å². The first-order valence-electron chi connectivity index (χ1n) is 7.30. The van der Waals surface area contributed by atoms with Crippen LogP contribution in [0.5, 0.6) is 5.75 Å². The Morgan fingerprint density at radius 3 is 2.52 bits per heavy atom. The molecular formula is C17H11Cl2N3O5. The highest BCUT2D eigenvalue weighted by molar-refractivity contribution is 6.36. The molecule has 1 N–H and O–H groups in total. The lowest BCUT2D eigenvalue weighted by Crippen LogP contribution is -2.28. The number of rotatable bonds is 6. The highest BCUT2D eigenvalue weighted by Gasteiger charge is 2.30. The fourth-order valence-electron chi connectivity index (χ4n) is 2.18. The Balaban J connectivity index is 2.30. The van der Waals surface area contributed by atoms with E-state index in [2.05, 4.69) is 5.32 Å². The van der Waals surface area contributed by atoms with Crippen molar-refractivity contribution in [1.29, 1.82) is 5.26 Å². The van der Waals surface area contributed by atoms with Crippen molar-refractivity contribution in [2.24, 2.45) is 5.92 Å². The van der Waals surface area contributed by atoms with Gasteiger partial charge in [0, 0.05) is 16.7 Å². The van der Waals surface area contributed by atoms with Crippen LogP contribution in [0.3, 0.4) is 0 Å². The molecule has 0 spiro atoms. The minimum Gasteiger partial charge on any atom is -0.490 e. The molecule has 27 heavy (non-hydrogen) atoms. The molecule has 1 atom stereocenters. The fourth-order valence-corrected chi connectivity index (χ4v) is 2.64. The second kappa shape index (κ2) is 8.49. The van der Waals surface area contributed by atoms with E-state index >= 15 is 0 Å². The molecular weight excluding hydrogens is 397 g/mol. The van der Waals surface area contributed by atoms with Gasteiger partial charge in [-0.2, -0.15) is 5.26 Å². The predicted molar refractivity (Wildman–Crippen MR) is 98.2 cm³/mol. The number of carbonyl (C=O) groups is 2. The van der Waals surface area contributed by atoms with Crippen LogP contribution in [0.1, 0.15) is 10.4 Å². The number of methoxy groups -OCH3 is 1. The average molecular weight is 408 g/mol. The molecule has 0 aliphatic heterocycles. The maximum Gasteiger partial charge on any atom is 0.311 e. The number of nitro benzene ring substituents is 1. The quantitative estimate of drug-likeness (QED) is 0.335. The number of hydrogen-bond acceptors (Lipinski definition) is 6. The van der Waals surface area contributed by atoms with Gasteiger partial charge in [-0.15, -0.1) is 0 Å². The smallest absolute Gasteiger partial charge is 0.311 e.